The van der Waals surface area contributed by atoms with Crippen molar-refractivity contribution in [1.82, 2.24) is 0 Å². The molecule has 0 saturated carbocycles. The molecule has 1 heterocycles. The van der Waals surface area contributed by atoms with Gasteiger partial charge in [0.1, 0.15) is 0 Å². The van der Waals surface area contributed by atoms with Crippen molar-refractivity contribution in [3.63, 3.8) is 0 Å². The second-order valence-electron chi connectivity index (χ2n) is 4.51. The minimum Gasteiger partial charge on any atom is -0.418 e. The molecule has 0 bridgehead atoms. The summed E-state index contributed by atoms with van der Waals surface area (Å²) in [5.74, 6) is -0.0571. The van der Waals surface area contributed by atoms with Gasteiger partial charge < -0.3 is 4.42 Å². The lowest BCUT2D eigenvalue weighted by molar-refractivity contribution is 0.101. The van der Waals surface area contributed by atoms with Gasteiger partial charge in [-0.25, -0.2) is 4.79 Å². The Kier molecular flexibility index (Phi) is 1.85. The maximum Gasteiger partial charge on any atom is 0.344 e. The maximum atomic E-state index is 12.3. The second-order valence-corrected chi connectivity index (χ2v) is 4.51. The Balaban J connectivity index is 2.28. The summed E-state index contributed by atoms with van der Waals surface area (Å²) in [4.78, 5) is 24.2. The zero-order valence-corrected chi connectivity index (χ0v) is 9.84. The van der Waals surface area contributed by atoms with Crippen LogP contribution < -0.4 is 5.63 Å². The lowest BCUT2D eigenvalue weighted by Gasteiger charge is -2.03. The van der Waals surface area contributed by atoms with Crippen molar-refractivity contribution in [3.8, 4) is 11.1 Å². The zero-order chi connectivity index (χ0) is 13.0. The first-order valence-electron chi connectivity index (χ1n) is 5.97. The highest BCUT2D eigenvalue weighted by atomic mass is 16.4. The SMILES string of the molecule is O=C1c2ccccc2-c2c1oc(=O)c1ccccc21. The van der Waals surface area contributed by atoms with E-state index in [-0.39, 0.29) is 11.5 Å². The number of fused-ring (bicyclic) bond motifs is 5. The summed E-state index contributed by atoms with van der Waals surface area (Å²) in [6, 6.07) is 14.5. The van der Waals surface area contributed by atoms with E-state index in [0.717, 1.165) is 16.5 Å². The zero-order valence-electron chi connectivity index (χ0n) is 9.84. The first kappa shape index (κ1) is 10.3. The molecule has 0 radical (unpaired) electrons. The van der Waals surface area contributed by atoms with Crippen LogP contribution in [0.1, 0.15) is 16.1 Å². The molecule has 0 aliphatic heterocycles. The molecule has 0 unspecified atom stereocenters. The second kappa shape index (κ2) is 3.42. The number of ketones is 1. The van der Waals surface area contributed by atoms with Crippen LogP contribution in [-0.2, 0) is 0 Å². The summed E-state index contributed by atoms with van der Waals surface area (Å²) in [5.41, 5.74) is 1.70. The summed E-state index contributed by atoms with van der Waals surface area (Å²) in [5, 5.41) is 1.28. The van der Waals surface area contributed by atoms with E-state index in [1.165, 1.54) is 0 Å². The average molecular weight is 248 g/mol. The third-order valence-electron chi connectivity index (χ3n) is 3.49. The van der Waals surface area contributed by atoms with E-state index in [2.05, 4.69) is 0 Å². The van der Waals surface area contributed by atoms with Gasteiger partial charge in [0.15, 0.2) is 5.76 Å². The summed E-state index contributed by atoms with van der Waals surface area (Å²) in [7, 11) is 0. The number of carbonyl (C=O) groups is 1. The summed E-state index contributed by atoms with van der Waals surface area (Å²) >= 11 is 0. The fourth-order valence-electron chi connectivity index (χ4n) is 2.65. The van der Waals surface area contributed by atoms with E-state index >= 15 is 0 Å². The molecule has 0 N–H and O–H groups in total. The van der Waals surface area contributed by atoms with Crippen LogP contribution in [-0.4, -0.2) is 5.78 Å². The molecule has 0 atom stereocenters. The van der Waals surface area contributed by atoms with Gasteiger partial charge in [-0.1, -0.05) is 42.5 Å². The maximum absolute atomic E-state index is 12.3. The third-order valence-corrected chi connectivity index (χ3v) is 3.49. The van der Waals surface area contributed by atoms with Gasteiger partial charge in [0.25, 0.3) is 0 Å². The molecule has 90 valence electrons. The highest BCUT2D eigenvalue weighted by molar-refractivity contribution is 6.23. The van der Waals surface area contributed by atoms with E-state index in [9.17, 15) is 9.59 Å². The van der Waals surface area contributed by atoms with Crippen molar-refractivity contribution < 1.29 is 9.21 Å². The predicted octanol–water partition coefficient (Wildman–Crippen LogP) is 3.00. The molecule has 1 aliphatic rings. The molecule has 3 heteroatoms. The molecule has 3 aromatic rings. The normalized spacial score (nSPS) is 12.5. The van der Waals surface area contributed by atoms with Gasteiger partial charge in [-0.05, 0) is 11.6 Å². The topological polar surface area (TPSA) is 47.3 Å². The van der Waals surface area contributed by atoms with Gasteiger partial charge in [0.05, 0.1) is 5.39 Å². The molecule has 1 aromatic heterocycles. The lowest BCUT2D eigenvalue weighted by Crippen LogP contribution is -2.05. The largest absolute Gasteiger partial charge is 0.418 e. The van der Waals surface area contributed by atoms with E-state index in [1.807, 2.05) is 30.3 Å². The van der Waals surface area contributed by atoms with Crippen LogP contribution in [0.15, 0.2) is 57.7 Å². The Labute approximate surface area is 108 Å². The first-order valence-corrected chi connectivity index (χ1v) is 5.97. The summed E-state index contributed by atoms with van der Waals surface area (Å²) in [6.45, 7) is 0. The average Bonchev–Trinajstić information content (AvgIpc) is 2.73. The summed E-state index contributed by atoms with van der Waals surface area (Å²) in [6.07, 6.45) is 0. The van der Waals surface area contributed by atoms with Crippen molar-refractivity contribution in [3.05, 3.63) is 70.3 Å². The number of carbonyl (C=O) groups excluding carboxylic acids is 1. The molecular weight excluding hydrogens is 240 g/mol. The van der Waals surface area contributed by atoms with E-state index < -0.39 is 5.63 Å². The molecule has 0 spiro atoms. The molecule has 0 fully saturated rings. The van der Waals surface area contributed by atoms with Crippen molar-refractivity contribution in [1.29, 1.82) is 0 Å². The van der Waals surface area contributed by atoms with Gasteiger partial charge in [-0.3, -0.25) is 4.79 Å². The van der Waals surface area contributed by atoms with Crippen LogP contribution in [0.3, 0.4) is 0 Å². The summed E-state index contributed by atoms with van der Waals surface area (Å²) < 4.78 is 5.22. The minimum absolute atomic E-state index is 0.157. The van der Waals surface area contributed by atoms with Crippen molar-refractivity contribution in [2.24, 2.45) is 0 Å². The molecule has 0 saturated heterocycles. The van der Waals surface area contributed by atoms with Crippen LogP contribution in [0.2, 0.25) is 0 Å². The Bertz CT molecular complexity index is 903. The van der Waals surface area contributed by atoms with Crippen LogP contribution >= 0.6 is 0 Å². The van der Waals surface area contributed by atoms with Gasteiger partial charge in [-0.2, -0.15) is 0 Å². The molecule has 2 aromatic carbocycles. The van der Waals surface area contributed by atoms with Crippen LogP contribution in [0.5, 0.6) is 0 Å². The van der Waals surface area contributed by atoms with Crippen LogP contribution in [0, 0.1) is 0 Å². The quantitative estimate of drug-likeness (QED) is 0.480. The lowest BCUT2D eigenvalue weighted by atomic mass is 10.0. The molecule has 3 nitrogen and oxygen atoms in total. The Morgan fingerprint density at radius 2 is 1.37 bits per heavy atom. The van der Waals surface area contributed by atoms with Gasteiger partial charge >= 0.3 is 5.63 Å². The van der Waals surface area contributed by atoms with Crippen LogP contribution in [0.4, 0.5) is 0 Å². The van der Waals surface area contributed by atoms with Gasteiger partial charge in [0, 0.05) is 16.5 Å². The number of hydrogen-bond acceptors (Lipinski definition) is 3. The molecule has 19 heavy (non-hydrogen) atoms. The van der Waals surface area contributed by atoms with Gasteiger partial charge in [-0.15, -0.1) is 0 Å². The van der Waals surface area contributed by atoms with Crippen LogP contribution in [0.25, 0.3) is 21.9 Å². The van der Waals surface area contributed by atoms with Gasteiger partial charge in [0.2, 0.25) is 5.78 Å². The number of rotatable bonds is 0. The van der Waals surface area contributed by atoms with Crippen molar-refractivity contribution >= 4 is 16.6 Å². The fourth-order valence-corrected chi connectivity index (χ4v) is 2.65. The highest BCUT2D eigenvalue weighted by Gasteiger charge is 2.31. The Morgan fingerprint density at radius 1 is 0.737 bits per heavy atom. The number of hydrogen-bond donors (Lipinski definition) is 0. The monoisotopic (exact) mass is 248 g/mol. The number of benzene rings is 2. The third kappa shape index (κ3) is 1.21. The molecule has 4 rings (SSSR count). The smallest absolute Gasteiger partial charge is 0.344 e. The molecule has 1 aliphatic carbocycles. The Morgan fingerprint density at radius 3 is 2.16 bits per heavy atom. The fraction of sp³-hybridized carbons (Fsp3) is 0. The minimum atomic E-state index is -0.462. The van der Waals surface area contributed by atoms with E-state index in [0.29, 0.717) is 10.9 Å². The first-order chi connectivity index (χ1) is 9.27. The molecular formula is C16H8O3. The predicted molar refractivity (Wildman–Crippen MR) is 71.4 cm³/mol. The van der Waals surface area contributed by atoms with Crippen molar-refractivity contribution in [2.45, 2.75) is 0 Å². The van der Waals surface area contributed by atoms with Crippen molar-refractivity contribution in [2.75, 3.05) is 0 Å². The van der Waals surface area contributed by atoms with E-state index in [1.54, 1.807) is 18.2 Å². The highest BCUT2D eigenvalue weighted by Crippen LogP contribution is 2.39. The molecule has 0 amide bonds. The van der Waals surface area contributed by atoms with E-state index in [4.69, 9.17) is 4.42 Å². The Hall–Kier alpha value is -2.68. The standard InChI is InChI=1S/C16H8O3/c17-14-11-7-3-1-5-9(11)13-10-6-2-4-8-12(10)16(18)19-15(13)14/h1-8H.